The van der Waals surface area contributed by atoms with Gasteiger partial charge in [-0.05, 0) is 47.9 Å². The topological polar surface area (TPSA) is 65.0 Å². The zero-order valence-electron chi connectivity index (χ0n) is 17.0. The standard InChI is InChI=1S/C23H22F4O5/c1-3-20(28)30-11-9-15-5-7-17(8-6-15)32-23(26,27)22-18(24)13-16(14-19(22)25)10-12-31-21(29)4-2/h3-8,13-14,21,29H,1-2,9-12H2. The molecule has 0 aromatic heterocycles. The van der Waals surface area contributed by atoms with Gasteiger partial charge in [-0.1, -0.05) is 25.3 Å². The summed E-state index contributed by atoms with van der Waals surface area (Å²) in [5.74, 6) is -3.84. The van der Waals surface area contributed by atoms with Crippen LogP contribution in [0.5, 0.6) is 5.75 Å². The summed E-state index contributed by atoms with van der Waals surface area (Å²) in [6.45, 7) is 6.54. The van der Waals surface area contributed by atoms with Crippen LogP contribution in [0.4, 0.5) is 17.6 Å². The molecular weight excluding hydrogens is 432 g/mol. The van der Waals surface area contributed by atoms with Crippen LogP contribution in [0, 0.1) is 11.6 Å². The Labute approximate surface area is 182 Å². The van der Waals surface area contributed by atoms with Crippen molar-refractivity contribution >= 4 is 5.97 Å². The van der Waals surface area contributed by atoms with Crippen LogP contribution in [0.3, 0.4) is 0 Å². The molecule has 0 fully saturated rings. The van der Waals surface area contributed by atoms with Crippen molar-refractivity contribution in [1.29, 1.82) is 0 Å². The van der Waals surface area contributed by atoms with Gasteiger partial charge in [-0.2, -0.15) is 8.78 Å². The van der Waals surface area contributed by atoms with Gasteiger partial charge in [0.2, 0.25) is 0 Å². The average molecular weight is 454 g/mol. The Morgan fingerprint density at radius 1 is 1.03 bits per heavy atom. The molecule has 1 unspecified atom stereocenters. The lowest BCUT2D eigenvalue weighted by molar-refractivity contribution is -0.189. The molecule has 0 aliphatic carbocycles. The van der Waals surface area contributed by atoms with Gasteiger partial charge in [-0.3, -0.25) is 0 Å². The number of hydrogen-bond acceptors (Lipinski definition) is 5. The maximum absolute atomic E-state index is 14.5. The first-order valence-electron chi connectivity index (χ1n) is 9.52. The first kappa shape index (κ1) is 25.1. The molecule has 0 aliphatic rings. The van der Waals surface area contributed by atoms with Crippen LogP contribution < -0.4 is 4.74 Å². The smallest absolute Gasteiger partial charge is 0.432 e. The summed E-state index contributed by atoms with van der Waals surface area (Å²) in [6.07, 6.45) is -3.07. The quantitative estimate of drug-likeness (QED) is 0.169. The highest BCUT2D eigenvalue weighted by molar-refractivity contribution is 5.81. The van der Waals surface area contributed by atoms with E-state index in [1.165, 1.54) is 24.3 Å². The second kappa shape index (κ2) is 11.4. The Balaban J connectivity index is 2.05. The maximum atomic E-state index is 14.5. The van der Waals surface area contributed by atoms with Crippen molar-refractivity contribution in [2.24, 2.45) is 0 Å². The van der Waals surface area contributed by atoms with E-state index in [1.807, 2.05) is 0 Å². The summed E-state index contributed by atoms with van der Waals surface area (Å²) < 4.78 is 71.9. The van der Waals surface area contributed by atoms with Crippen molar-refractivity contribution < 1.29 is 41.7 Å². The van der Waals surface area contributed by atoms with Crippen molar-refractivity contribution in [1.82, 2.24) is 0 Å². The van der Waals surface area contributed by atoms with E-state index in [9.17, 15) is 27.5 Å². The molecule has 9 heteroatoms. The van der Waals surface area contributed by atoms with Gasteiger partial charge in [0.25, 0.3) is 0 Å². The minimum Gasteiger partial charge on any atom is -0.462 e. The van der Waals surface area contributed by atoms with E-state index in [4.69, 9.17) is 9.47 Å². The number of aliphatic hydroxyl groups excluding tert-OH is 1. The molecule has 0 saturated carbocycles. The molecule has 0 saturated heterocycles. The fraction of sp³-hybridized carbons (Fsp3) is 0.261. The summed E-state index contributed by atoms with van der Waals surface area (Å²) in [5.41, 5.74) is -0.783. The van der Waals surface area contributed by atoms with Gasteiger partial charge in [0, 0.05) is 12.5 Å². The van der Waals surface area contributed by atoms with Crippen LogP contribution in [0.2, 0.25) is 0 Å². The molecular formula is C23H22F4O5. The molecule has 2 aromatic carbocycles. The van der Waals surface area contributed by atoms with E-state index < -0.39 is 35.6 Å². The number of benzene rings is 2. The second-order valence-electron chi connectivity index (χ2n) is 6.57. The molecule has 0 heterocycles. The minimum absolute atomic E-state index is 0.0188. The predicted octanol–water partition coefficient (Wildman–Crippen LogP) is 4.43. The van der Waals surface area contributed by atoms with Crippen molar-refractivity contribution in [2.45, 2.75) is 25.2 Å². The molecule has 0 aliphatic heterocycles. The first-order chi connectivity index (χ1) is 15.2. The summed E-state index contributed by atoms with van der Waals surface area (Å²) in [5, 5.41) is 9.20. The molecule has 1 N–H and O–H groups in total. The fourth-order valence-corrected chi connectivity index (χ4v) is 2.67. The number of aliphatic hydroxyl groups is 1. The van der Waals surface area contributed by atoms with E-state index in [0.717, 1.165) is 24.3 Å². The number of rotatable bonds is 12. The van der Waals surface area contributed by atoms with E-state index in [0.29, 0.717) is 12.0 Å². The lowest BCUT2D eigenvalue weighted by Gasteiger charge is -2.20. The Hall–Kier alpha value is -3.17. The van der Waals surface area contributed by atoms with E-state index in [2.05, 4.69) is 17.9 Å². The highest BCUT2D eigenvalue weighted by atomic mass is 19.3. The average Bonchev–Trinajstić information content (AvgIpc) is 2.73. The first-order valence-corrected chi connectivity index (χ1v) is 9.52. The van der Waals surface area contributed by atoms with Gasteiger partial charge in [-0.25, -0.2) is 13.6 Å². The highest BCUT2D eigenvalue weighted by Gasteiger charge is 2.41. The zero-order chi connectivity index (χ0) is 23.7. The van der Waals surface area contributed by atoms with Gasteiger partial charge in [0.15, 0.2) is 6.29 Å². The number of esters is 1. The van der Waals surface area contributed by atoms with Crippen molar-refractivity contribution in [3.05, 3.63) is 90.0 Å². The number of hydrogen-bond donors (Lipinski definition) is 1. The van der Waals surface area contributed by atoms with Crippen LogP contribution >= 0.6 is 0 Å². The van der Waals surface area contributed by atoms with Crippen LogP contribution in [0.15, 0.2) is 61.7 Å². The molecule has 2 aromatic rings. The van der Waals surface area contributed by atoms with Gasteiger partial charge in [-0.15, -0.1) is 0 Å². The molecule has 1 atom stereocenters. The van der Waals surface area contributed by atoms with Gasteiger partial charge in [0.05, 0.1) is 13.2 Å². The molecule has 2 rings (SSSR count). The van der Waals surface area contributed by atoms with Crippen LogP contribution in [0.1, 0.15) is 16.7 Å². The minimum atomic E-state index is -4.27. The van der Waals surface area contributed by atoms with Gasteiger partial charge in [0.1, 0.15) is 22.9 Å². The fourth-order valence-electron chi connectivity index (χ4n) is 2.67. The van der Waals surface area contributed by atoms with Crippen LogP contribution in [0.25, 0.3) is 0 Å². The molecule has 0 radical (unpaired) electrons. The van der Waals surface area contributed by atoms with E-state index in [1.54, 1.807) is 0 Å². The Kier molecular flexibility index (Phi) is 8.98. The summed E-state index contributed by atoms with van der Waals surface area (Å²) >= 11 is 0. The summed E-state index contributed by atoms with van der Waals surface area (Å²) in [6, 6.07) is 6.86. The lowest BCUT2D eigenvalue weighted by atomic mass is 10.1. The van der Waals surface area contributed by atoms with Crippen LogP contribution in [-0.2, 0) is 33.2 Å². The van der Waals surface area contributed by atoms with Gasteiger partial charge >= 0.3 is 12.1 Å². The number of ether oxygens (including phenoxy) is 3. The molecule has 0 amide bonds. The monoisotopic (exact) mass is 454 g/mol. The van der Waals surface area contributed by atoms with Crippen LogP contribution in [-0.4, -0.2) is 30.6 Å². The number of carbonyl (C=O) groups is 1. The molecule has 172 valence electrons. The van der Waals surface area contributed by atoms with E-state index in [-0.39, 0.29) is 30.9 Å². The third-order valence-corrected chi connectivity index (χ3v) is 4.25. The molecule has 0 spiro atoms. The Bertz CT molecular complexity index is 921. The lowest BCUT2D eigenvalue weighted by Crippen LogP contribution is -2.25. The molecule has 32 heavy (non-hydrogen) atoms. The van der Waals surface area contributed by atoms with E-state index >= 15 is 0 Å². The number of carbonyl (C=O) groups excluding carboxylic acids is 1. The Morgan fingerprint density at radius 2 is 1.62 bits per heavy atom. The second-order valence-corrected chi connectivity index (χ2v) is 6.57. The molecule has 0 bridgehead atoms. The predicted molar refractivity (Wildman–Crippen MR) is 108 cm³/mol. The number of alkyl halides is 2. The van der Waals surface area contributed by atoms with Gasteiger partial charge < -0.3 is 19.3 Å². The largest absolute Gasteiger partial charge is 0.462 e. The van der Waals surface area contributed by atoms with Crippen molar-refractivity contribution in [3.8, 4) is 5.75 Å². The summed E-state index contributed by atoms with van der Waals surface area (Å²) in [4.78, 5) is 11.0. The third kappa shape index (κ3) is 7.21. The number of halogens is 4. The third-order valence-electron chi connectivity index (χ3n) is 4.25. The highest BCUT2D eigenvalue weighted by Crippen LogP contribution is 2.35. The molecule has 5 nitrogen and oxygen atoms in total. The zero-order valence-corrected chi connectivity index (χ0v) is 17.0. The SMILES string of the molecule is C=CC(=O)OCCc1ccc(OC(F)(F)c2c(F)cc(CCOC(O)C=C)cc2F)cc1. The maximum Gasteiger partial charge on any atom is 0.432 e. The van der Waals surface area contributed by atoms with Crippen molar-refractivity contribution in [3.63, 3.8) is 0 Å². The Morgan fingerprint density at radius 3 is 2.19 bits per heavy atom. The summed E-state index contributed by atoms with van der Waals surface area (Å²) in [7, 11) is 0. The normalized spacial score (nSPS) is 12.2. The van der Waals surface area contributed by atoms with Crippen molar-refractivity contribution in [2.75, 3.05) is 13.2 Å².